The summed E-state index contributed by atoms with van der Waals surface area (Å²) < 4.78 is 2.78. The van der Waals surface area contributed by atoms with Crippen LogP contribution in [-0.4, -0.2) is 70.7 Å². The molecule has 8 heteroatoms. The Morgan fingerprint density at radius 1 is 1.00 bits per heavy atom. The Labute approximate surface area is 184 Å². The topological polar surface area (TPSA) is 70.8 Å². The van der Waals surface area contributed by atoms with Gasteiger partial charge in [-0.15, -0.1) is 0 Å². The van der Waals surface area contributed by atoms with E-state index in [1.54, 1.807) is 10.6 Å². The lowest BCUT2D eigenvalue weighted by atomic mass is 9.92. The second-order valence-electron chi connectivity index (χ2n) is 9.49. The van der Waals surface area contributed by atoms with Crippen LogP contribution in [0.1, 0.15) is 45.4 Å². The zero-order valence-electron chi connectivity index (χ0n) is 19.1. The molecule has 172 valence electrons. The van der Waals surface area contributed by atoms with Gasteiger partial charge in [0.05, 0.1) is 5.92 Å². The summed E-state index contributed by atoms with van der Waals surface area (Å²) in [5.41, 5.74) is -0.586. The second-order valence-corrected chi connectivity index (χ2v) is 9.49. The largest absolute Gasteiger partial charge is 0.357 e. The van der Waals surface area contributed by atoms with Crippen LogP contribution in [0, 0.1) is 11.8 Å². The summed E-state index contributed by atoms with van der Waals surface area (Å²) in [6.45, 7) is 9.16. The molecule has 0 bridgehead atoms. The molecular formula is C23H37N5O3. The molecule has 1 aromatic heterocycles. The first-order valence-electron chi connectivity index (χ1n) is 12.0. The lowest BCUT2D eigenvalue weighted by molar-refractivity contribution is -0.137. The quantitative estimate of drug-likeness (QED) is 0.699. The average molecular weight is 432 g/mol. The van der Waals surface area contributed by atoms with Gasteiger partial charge in [-0.1, -0.05) is 0 Å². The van der Waals surface area contributed by atoms with Crippen molar-refractivity contribution in [1.82, 2.24) is 18.9 Å². The van der Waals surface area contributed by atoms with Crippen molar-refractivity contribution in [3.8, 4) is 0 Å². The highest BCUT2D eigenvalue weighted by molar-refractivity contribution is 5.79. The van der Waals surface area contributed by atoms with Gasteiger partial charge in [-0.2, -0.15) is 0 Å². The van der Waals surface area contributed by atoms with Gasteiger partial charge in [0, 0.05) is 52.4 Å². The van der Waals surface area contributed by atoms with Gasteiger partial charge in [-0.3, -0.25) is 18.7 Å². The number of aromatic nitrogens is 2. The first-order valence-corrected chi connectivity index (χ1v) is 12.0. The zero-order chi connectivity index (χ0) is 22.0. The maximum atomic E-state index is 13.3. The third-order valence-electron chi connectivity index (χ3n) is 7.43. The maximum absolute atomic E-state index is 13.3. The lowest BCUT2D eigenvalue weighted by Gasteiger charge is -2.39. The van der Waals surface area contributed by atoms with Crippen molar-refractivity contribution in [3.63, 3.8) is 0 Å². The van der Waals surface area contributed by atoms with Crippen LogP contribution in [0.2, 0.25) is 0 Å². The predicted octanol–water partition coefficient (Wildman–Crippen LogP) is 1.12. The van der Waals surface area contributed by atoms with Gasteiger partial charge >= 0.3 is 5.69 Å². The van der Waals surface area contributed by atoms with E-state index in [9.17, 15) is 14.4 Å². The minimum atomic E-state index is -0.293. The smallest absolute Gasteiger partial charge is 0.332 e. The Balaban J connectivity index is 1.38. The van der Waals surface area contributed by atoms with E-state index < -0.39 is 0 Å². The number of likely N-dealkylation sites (tertiary alicyclic amines) is 2. The highest BCUT2D eigenvalue weighted by atomic mass is 16.2. The molecule has 0 saturated carbocycles. The molecule has 0 aliphatic carbocycles. The Bertz CT molecular complexity index is 893. The van der Waals surface area contributed by atoms with Crippen LogP contribution in [0.3, 0.4) is 0 Å². The fraction of sp³-hybridized carbons (Fsp3) is 0.783. The minimum absolute atomic E-state index is 0.0617. The SMILES string of the molecule is CCn1c(N2CCCC(C(=O)N3CCC(CN4CCCC4)CC3)C2)cc(=O)n(C)c1=O. The van der Waals surface area contributed by atoms with Gasteiger partial charge in [0.1, 0.15) is 5.82 Å². The first kappa shape index (κ1) is 22.1. The van der Waals surface area contributed by atoms with Crippen molar-refractivity contribution in [3.05, 3.63) is 26.9 Å². The van der Waals surface area contributed by atoms with Crippen LogP contribution >= 0.6 is 0 Å². The summed E-state index contributed by atoms with van der Waals surface area (Å²) in [7, 11) is 1.51. The number of hydrogen-bond donors (Lipinski definition) is 0. The third kappa shape index (κ3) is 4.73. The van der Waals surface area contributed by atoms with Crippen molar-refractivity contribution in [2.45, 2.75) is 52.0 Å². The third-order valence-corrected chi connectivity index (χ3v) is 7.43. The van der Waals surface area contributed by atoms with E-state index in [2.05, 4.69) is 14.7 Å². The molecule has 4 heterocycles. The number of carbonyl (C=O) groups is 1. The van der Waals surface area contributed by atoms with E-state index in [1.807, 2.05) is 6.92 Å². The summed E-state index contributed by atoms with van der Waals surface area (Å²) in [4.78, 5) is 44.7. The normalized spacial score (nSPS) is 23.5. The molecule has 0 spiro atoms. The van der Waals surface area contributed by atoms with Crippen LogP contribution < -0.4 is 16.1 Å². The number of nitrogens with zero attached hydrogens (tertiary/aromatic N) is 5. The number of rotatable bonds is 5. The Hall–Kier alpha value is -2.09. The van der Waals surface area contributed by atoms with Gasteiger partial charge in [0.2, 0.25) is 5.91 Å². The summed E-state index contributed by atoms with van der Waals surface area (Å²) >= 11 is 0. The van der Waals surface area contributed by atoms with Gasteiger partial charge < -0.3 is 14.7 Å². The van der Waals surface area contributed by atoms with Crippen molar-refractivity contribution in [1.29, 1.82) is 0 Å². The predicted molar refractivity (Wildman–Crippen MR) is 122 cm³/mol. The summed E-state index contributed by atoms with van der Waals surface area (Å²) in [6.07, 6.45) is 6.63. The summed E-state index contributed by atoms with van der Waals surface area (Å²) in [5.74, 6) is 1.55. The van der Waals surface area contributed by atoms with Crippen LogP contribution in [0.5, 0.6) is 0 Å². The van der Waals surface area contributed by atoms with Gasteiger partial charge in [0.25, 0.3) is 5.56 Å². The summed E-state index contributed by atoms with van der Waals surface area (Å²) in [5, 5.41) is 0. The molecule has 3 aliphatic rings. The van der Waals surface area contributed by atoms with Crippen LogP contribution in [0.25, 0.3) is 0 Å². The molecular weight excluding hydrogens is 394 g/mol. The molecule has 31 heavy (non-hydrogen) atoms. The van der Waals surface area contributed by atoms with Gasteiger partial charge in [-0.25, -0.2) is 4.79 Å². The molecule has 8 nitrogen and oxygen atoms in total. The fourth-order valence-corrected chi connectivity index (χ4v) is 5.53. The van der Waals surface area contributed by atoms with Gasteiger partial charge in [-0.05, 0) is 64.5 Å². The average Bonchev–Trinajstić information content (AvgIpc) is 3.30. The Kier molecular flexibility index (Phi) is 6.84. The molecule has 4 rings (SSSR count). The van der Waals surface area contributed by atoms with E-state index in [4.69, 9.17) is 0 Å². The maximum Gasteiger partial charge on any atom is 0.332 e. The number of anilines is 1. The molecule has 0 aromatic carbocycles. The zero-order valence-corrected chi connectivity index (χ0v) is 19.1. The Morgan fingerprint density at radius 3 is 2.39 bits per heavy atom. The van der Waals surface area contributed by atoms with Crippen LogP contribution in [0.4, 0.5) is 5.82 Å². The molecule has 1 amide bonds. The van der Waals surface area contributed by atoms with Crippen LogP contribution in [0.15, 0.2) is 15.7 Å². The second kappa shape index (κ2) is 9.59. The van der Waals surface area contributed by atoms with Crippen molar-refractivity contribution >= 4 is 11.7 Å². The van der Waals surface area contributed by atoms with E-state index in [-0.39, 0.29) is 23.1 Å². The number of amides is 1. The molecule has 1 unspecified atom stereocenters. The number of piperidine rings is 2. The highest BCUT2D eigenvalue weighted by Gasteiger charge is 2.33. The molecule has 3 aliphatic heterocycles. The van der Waals surface area contributed by atoms with Crippen molar-refractivity contribution in [2.75, 3.05) is 50.7 Å². The molecule has 3 saturated heterocycles. The molecule has 1 atom stereocenters. The highest BCUT2D eigenvalue weighted by Crippen LogP contribution is 2.26. The fourth-order valence-electron chi connectivity index (χ4n) is 5.53. The molecule has 0 radical (unpaired) electrons. The first-order chi connectivity index (χ1) is 15.0. The number of hydrogen-bond acceptors (Lipinski definition) is 5. The summed E-state index contributed by atoms with van der Waals surface area (Å²) in [6, 6.07) is 1.54. The minimum Gasteiger partial charge on any atom is -0.357 e. The van der Waals surface area contributed by atoms with Gasteiger partial charge in [0.15, 0.2) is 0 Å². The van der Waals surface area contributed by atoms with E-state index in [1.165, 1.54) is 39.5 Å². The molecule has 0 N–H and O–H groups in total. The molecule has 3 fully saturated rings. The van der Waals surface area contributed by atoms with E-state index in [0.29, 0.717) is 24.8 Å². The lowest BCUT2D eigenvalue weighted by Crippen LogP contribution is -2.49. The molecule has 1 aromatic rings. The monoisotopic (exact) mass is 431 g/mol. The van der Waals surface area contributed by atoms with Crippen LogP contribution in [-0.2, 0) is 18.4 Å². The van der Waals surface area contributed by atoms with E-state index >= 15 is 0 Å². The Morgan fingerprint density at radius 2 is 1.71 bits per heavy atom. The number of carbonyl (C=O) groups excluding carboxylic acids is 1. The van der Waals surface area contributed by atoms with E-state index in [0.717, 1.165) is 49.9 Å². The van der Waals surface area contributed by atoms with Crippen molar-refractivity contribution in [2.24, 2.45) is 18.9 Å². The standard InChI is InChI=1S/C23H37N5O3/c1-3-28-20(15-21(29)24(2)23(28)31)27-12-6-7-19(17-27)22(30)26-13-8-18(9-14-26)16-25-10-4-5-11-25/h15,18-19H,3-14,16-17H2,1-2H3. The van der Waals surface area contributed by atoms with Crippen molar-refractivity contribution < 1.29 is 4.79 Å².